The second-order valence-electron chi connectivity index (χ2n) is 4.24. The second-order valence-corrected chi connectivity index (χ2v) is 4.24. The second kappa shape index (κ2) is 6.92. The van der Waals surface area contributed by atoms with Gasteiger partial charge in [-0.05, 0) is 30.7 Å². The molecule has 0 spiro atoms. The molecule has 0 bridgehead atoms. The first-order chi connectivity index (χ1) is 9.81. The number of benzene rings is 1. The largest absolute Gasteiger partial charge is 0.412 e. The Hall–Kier alpha value is -2.31. The Morgan fingerprint density at radius 3 is 2.57 bits per heavy atom. The van der Waals surface area contributed by atoms with Crippen molar-refractivity contribution in [3.63, 3.8) is 0 Å². The summed E-state index contributed by atoms with van der Waals surface area (Å²) >= 11 is 0. The van der Waals surface area contributed by atoms with E-state index in [1.807, 2.05) is 0 Å². The molecule has 4 nitrogen and oxygen atoms in total. The Morgan fingerprint density at radius 1 is 1.43 bits per heavy atom. The van der Waals surface area contributed by atoms with Gasteiger partial charge in [0.1, 0.15) is 5.84 Å². The first-order valence-corrected chi connectivity index (χ1v) is 6.23. The summed E-state index contributed by atoms with van der Waals surface area (Å²) in [5.41, 5.74) is 6.40. The summed E-state index contributed by atoms with van der Waals surface area (Å²) in [7, 11) is 1.40. The van der Waals surface area contributed by atoms with Crippen molar-refractivity contribution in [1.82, 2.24) is 0 Å². The number of allylic oxidation sites excluding steroid dienone is 1. The summed E-state index contributed by atoms with van der Waals surface area (Å²) in [4.78, 5) is 3.80. The molecular formula is C14H17F3N4. The molecule has 21 heavy (non-hydrogen) atoms. The minimum atomic E-state index is -4.38. The predicted octanol–water partition coefficient (Wildman–Crippen LogP) is 3.61. The zero-order valence-electron chi connectivity index (χ0n) is 11.8. The van der Waals surface area contributed by atoms with Crippen molar-refractivity contribution in [2.45, 2.75) is 19.5 Å². The Morgan fingerprint density at radius 2 is 2.10 bits per heavy atom. The average molecular weight is 298 g/mol. The zero-order chi connectivity index (χ0) is 16.0. The van der Waals surface area contributed by atoms with Gasteiger partial charge in [0.05, 0.1) is 0 Å². The van der Waals surface area contributed by atoms with Crippen LogP contribution in [0.1, 0.15) is 18.9 Å². The highest BCUT2D eigenvalue weighted by Crippen LogP contribution is 2.28. The van der Waals surface area contributed by atoms with Crippen molar-refractivity contribution in [3.05, 3.63) is 35.4 Å². The Balaban J connectivity index is 3.04. The molecule has 0 saturated heterocycles. The summed E-state index contributed by atoms with van der Waals surface area (Å²) in [6.45, 7) is 1.43. The smallest absolute Gasteiger partial charge is 0.398 e. The average Bonchev–Trinajstić information content (AvgIpc) is 2.43. The van der Waals surface area contributed by atoms with Crippen LogP contribution in [0.3, 0.4) is 0 Å². The molecule has 114 valence electrons. The lowest BCUT2D eigenvalue weighted by Crippen LogP contribution is -2.16. The van der Waals surface area contributed by atoms with Gasteiger partial charge in [0.2, 0.25) is 0 Å². The maximum atomic E-state index is 12.7. The molecule has 0 heterocycles. The standard InChI is InChI=1S/C14H17F3N4/c1-3-10(14(15,16)17)7-13(20-2)21-11-4-5-12(19)9(6-11)8-18/h4-8,18H,3,19H2,1-2H3,(H,20,21)/b10-7+,18-8?. The number of aliphatic imine (C=N–C) groups is 1. The zero-order valence-corrected chi connectivity index (χ0v) is 11.8. The Labute approximate surface area is 121 Å². The minimum Gasteiger partial charge on any atom is -0.398 e. The number of anilines is 2. The normalized spacial score (nSPS) is 13.2. The third kappa shape index (κ3) is 4.62. The van der Waals surface area contributed by atoms with Gasteiger partial charge in [0.25, 0.3) is 0 Å². The summed E-state index contributed by atoms with van der Waals surface area (Å²) < 4.78 is 38.2. The van der Waals surface area contributed by atoms with Crippen LogP contribution < -0.4 is 11.1 Å². The monoisotopic (exact) mass is 298 g/mol. The van der Waals surface area contributed by atoms with Crippen molar-refractivity contribution in [2.75, 3.05) is 18.1 Å². The number of hydrogen-bond donors (Lipinski definition) is 3. The van der Waals surface area contributed by atoms with Crippen molar-refractivity contribution < 1.29 is 13.2 Å². The number of nitrogens with zero attached hydrogens (tertiary/aromatic N) is 1. The van der Waals surface area contributed by atoms with Crippen LogP contribution in [0, 0.1) is 5.41 Å². The number of rotatable bonds is 4. The number of nitrogens with one attached hydrogen (secondary N) is 2. The van der Waals surface area contributed by atoms with Gasteiger partial charge < -0.3 is 16.5 Å². The van der Waals surface area contributed by atoms with Gasteiger partial charge in [-0.1, -0.05) is 6.92 Å². The third-order valence-corrected chi connectivity index (χ3v) is 2.81. The van der Waals surface area contributed by atoms with Crippen LogP contribution >= 0.6 is 0 Å². The fourth-order valence-corrected chi connectivity index (χ4v) is 1.63. The molecule has 1 rings (SSSR count). The van der Waals surface area contributed by atoms with E-state index in [1.54, 1.807) is 18.2 Å². The SMILES string of the molecule is CC/C(=C\C(=NC)Nc1ccc(N)c(C=N)c1)C(F)(F)F. The summed E-state index contributed by atoms with van der Waals surface area (Å²) in [6, 6.07) is 4.76. The van der Waals surface area contributed by atoms with Crippen LogP contribution in [0.25, 0.3) is 0 Å². The minimum absolute atomic E-state index is 0.0878. The van der Waals surface area contributed by atoms with Gasteiger partial charge in [-0.2, -0.15) is 13.2 Å². The van der Waals surface area contributed by atoms with Crippen molar-refractivity contribution in [3.8, 4) is 0 Å². The number of amidine groups is 1. The number of alkyl halides is 3. The van der Waals surface area contributed by atoms with Gasteiger partial charge in [0.15, 0.2) is 0 Å². The quantitative estimate of drug-likeness (QED) is 0.451. The third-order valence-electron chi connectivity index (χ3n) is 2.81. The molecule has 0 atom stereocenters. The molecule has 0 radical (unpaired) electrons. The first-order valence-electron chi connectivity index (χ1n) is 6.23. The van der Waals surface area contributed by atoms with Crippen LogP contribution in [0.2, 0.25) is 0 Å². The molecule has 0 aliphatic rings. The molecule has 1 aromatic carbocycles. The van der Waals surface area contributed by atoms with Crippen molar-refractivity contribution >= 4 is 23.4 Å². The van der Waals surface area contributed by atoms with Crippen LogP contribution in [-0.2, 0) is 0 Å². The molecule has 1 aromatic rings. The van der Waals surface area contributed by atoms with Crippen LogP contribution in [-0.4, -0.2) is 25.3 Å². The fraction of sp³-hybridized carbons (Fsp3) is 0.286. The maximum absolute atomic E-state index is 12.7. The van der Waals surface area contributed by atoms with Crippen molar-refractivity contribution in [2.24, 2.45) is 4.99 Å². The topological polar surface area (TPSA) is 74.3 Å². The van der Waals surface area contributed by atoms with E-state index in [1.165, 1.54) is 14.0 Å². The fourth-order valence-electron chi connectivity index (χ4n) is 1.63. The van der Waals surface area contributed by atoms with E-state index in [0.29, 0.717) is 16.9 Å². The number of halogens is 3. The molecule has 0 aromatic heterocycles. The molecule has 7 heteroatoms. The maximum Gasteiger partial charge on any atom is 0.412 e. The lowest BCUT2D eigenvalue weighted by atomic mass is 10.1. The number of nitrogen functional groups attached to an aromatic ring is 1. The summed E-state index contributed by atoms with van der Waals surface area (Å²) in [6.07, 6.45) is -2.47. The van der Waals surface area contributed by atoms with Gasteiger partial charge in [-0.3, -0.25) is 4.99 Å². The lowest BCUT2D eigenvalue weighted by molar-refractivity contribution is -0.0934. The molecule has 0 amide bonds. The molecule has 4 N–H and O–H groups in total. The highest BCUT2D eigenvalue weighted by molar-refractivity contribution is 6.04. The first kappa shape index (κ1) is 16.7. The van der Waals surface area contributed by atoms with E-state index in [9.17, 15) is 13.2 Å². The van der Waals surface area contributed by atoms with Gasteiger partial charge >= 0.3 is 6.18 Å². The molecule has 0 saturated carbocycles. The molecular weight excluding hydrogens is 281 g/mol. The molecule has 0 fully saturated rings. The highest BCUT2D eigenvalue weighted by atomic mass is 19.4. The Kier molecular flexibility index (Phi) is 5.52. The molecule has 0 aliphatic heterocycles. The van der Waals surface area contributed by atoms with Crippen molar-refractivity contribution in [1.29, 1.82) is 5.41 Å². The van der Waals surface area contributed by atoms with Gasteiger partial charge in [-0.25, -0.2) is 0 Å². The molecule has 0 unspecified atom stereocenters. The van der Waals surface area contributed by atoms with E-state index in [2.05, 4.69) is 10.3 Å². The highest BCUT2D eigenvalue weighted by Gasteiger charge is 2.32. The van der Waals surface area contributed by atoms with Gasteiger partial charge in [0, 0.05) is 35.8 Å². The van der Waals surface area contributed by atoms with E-state index >= 15 is 0 Å². The van der Waals surface area contributed by atoms with Crippen LogP contribution in [0.5, 0.6) is 0 Å². The van der Waals surface area contributed by atoms with Gasteiger partial charge in [-0.15, -0.1) is 0 Å². The van der Waals surface area contributed by atoms with Crippen LogP contribution in [0.4, 0.5) is 24.5 Å². The van der Waals surface area contributed by atoms with E-state index in [-0.39, 0.29) is 12.3 Å². The Bertz CT molecular complexity index is 574. The lowest BCUT2D eigenvalue weighted by Gasteiger charge is -2.12. The van der Waals surface area contributed by atoms with E-state index in [0.717, 1.165) is 12.3 Å². The molecule has 0 aliphatic carbocycles. The summed E-state index contributed by atoms with van der Waals surface area (Å²) in [5.74, 6) is 0.0878. The number of nitrogens with two attached hydrogens (primary N) is 1. The van der Waals surface area contributed by atoms with E-state index < -0.39 is 11.7 Å². The van der Waals surface area contributed by atoms with E-state index in [4.69, 9.17) is 11.1 Å². The summed E-state index contributed by atoms with van der Waals surface area (Å²) in [5, 5.41) is 9.99. The van der Waals surface area contributed by atoms with Crippen LogP contribution in [0.15, 0.2) is 34.8 Å². The predicted molar refractivity (Wildman–Crippen MR) is 80.2 cm³/mol. The number of hydrogen-bond acceptors (Lipinski definition) is 3.